The van der Waals surface area contributed by atoms with Gasteiger partial charge in [0, 0.05) is 29.4 Å². The first-order valence-corrected chi connectivity index (χ1v) is 6.96. The van der Waals surface area contributed by atoms with Crippen molar-refractivity contribution in [2.45, 2.75) is 26.1 Å². The largest absolute Gasteiger partial charge is 0.370 e. The smallest absolute Gasteiger partial charge is 0.0640 e. The molecule has 0 fully saturated rings. The second-order valence-electron chi connectivity index (χ2n) is 4.62. The molecule has 0 radical (unpaired) electrons. The fourth-order valence-electron chi connectivity index (χ4n) is 1.91. The molecule has 0 aliphatic heterocycles. The van der Waals surface area contributed by atoms with Crippen molar-refractivity contribution in [1.29, 1.82) is 5.26 Å². The van der Waals surface area contributed by atoms with E-state index in [4.69, 9.17) is 28.5 Å². The third-order valence-corrected chi connectivity index (χ3v) is 3.27. The maximum Gasteiger partial charge on any atom is 0.0640 e. The number of alkyl halides is 1. The van der Waals surface area contributed by atoms with Crippen molar-refractivity contribution >= 4 is 28.9 Å². The zero-order valence-electron chi connectivity index (χ0n) is 10.8. The van der Waals surface area contributed by atoms with E-state index in [1.54, 1.807) is 0 Å². The fraction of sp³-hybridized carbons (Fsp3) is 0.500. The van der Waals surface area contributed by atoms with Crippen LogP contribution < -0.4 is 4.90 Å². The fourth-order valence-corrected chi connectivity index (χ4v) is 2.50. The number of hydrogen-bond acceptors (Lipinski definition) is 2. The topological polar surface area (TPSA) is 27.0 Å². The molecular weight excluding hydrogens is 267 g/mol. The van der Waals surface area contributed by atoms with Gasteiger partial charge in [-0.1, -0.05) is 31.5 Å². The summed E-state index contributed by atoms with van der Waals surface area (Å²) < 4.78 is 0. The highest BCUT2D eigenvalue weighted by Crippen LogP contribution is 2.29. The molecule has 0 aromatic heterocycles. The first-order valence-electron chi connectivity index (χ1n) is 6.05. The van der Waals surface area contributed by atoms with E-state index < -0.39 is 0 Å². The molecule has 0 saturated carbocycles. The third kappa shape index (κ3) is 4.08. The van der Waals surface area contributed by atoms with Crippen LogP contribution in [0.2, 0.25) is 5.02 Å². The highest BCUT2D eigenvalue weighted by molar-refractivity contribution is 6.32. The lowest BCUT2D eigenvalue weighted by Crippen LogP contribution is -2.29. The molecule has 0 unspecified atom stereocenters. The zero-order chi connectivity index (χ0) is 13.5. The molecule has 0 bridgehead atoms. The van der Waals surface area contributed by atoms with Gasteiger partial charge in [-0.25, -0.2) is 0 Å². The Balaban J connectivity index is 3.04. The molecule has 0 spiro atoms. The van der Waals surface area contributed by atoms with Gasteiger partial charge in [0.15, 0.2) is 0 Å². The monoisotopic (exact) mass is 284 g/mol. The van der Waals surface area contributed by atoms with Crippen LogP contribution in [0.4, 0.5) is 5.69 Å². The normalized spacial score (nSPS) is 10.4. The molecule has 0 atom stereocenters. The van der Waals surface area contributed by atoms with Crippen LogP contribution in [0.5, 0.6) is 0 Å². The standard InChI is InChI=1S/C14H18Cl2N2/c1-11(2)10-18(8-4-7-17)14-6-3-5-13(16)12(14)9-15/h3,5-6,11H,4,8-10H2,1-2H3. The minimum atomic E-state index is 0.385. The minimum Gasteiger partial charge on any atom is -0.370 e. The average Bonchev–Trinajstić information content (AvgIpc) is 2.33. The number of benzene rings is 1. The summed E-state index contributed by atoms with van der Waals surface area (Å²) in [6, 6.07) is 7.97. The second-order valence-corrected chi connectivity index (χ2v) is 5.29. The SMILES string of the molecule is CC(C)CN(CCC#N)c1cccc(Cl)c1CCl. The van der Waals surface area contributed by atoms with Gasteiger partial charge in [0.25, 0.3) is 0 Å². The average molecular weight is 285 g/mol. The van der Waals surface area contributed by atoms with E-state index in [-0.39, 0.29) is 0 Å². The van der Waals surface area contributed by atoms with Gasteiger partial charge in [-0.05, 0) is 18.1 Å². The summed E-state index contributed by atoms with van der Waals surface area (Å²) in [7, 11) is 0. The quantitative estimate of drug-likeness (QED) is 0.722. The van der Waals surface area contributed by atoms with Crippen molar-refractivity contribution in [3.8, 4) is 6.07 Å². The Morgan fingerprint density at radius 2 is 2.11 bits per heavy atom. The first-order chi connectivity index (χ1) is 8.60. The molecule has 0 aliphatic carbocycles. The van der Waals surface area contributed by atoms with E-state index in [0.29, 0.717) is 29.8 Å². The Kier molecular flexibility index (Phi) is 6.32. The molecule has 0 heterocycles. The third-order valence-electron chi connectivity index (χ3n) is 2.65. The number of rotatable bonds is 6. The summed E-state index contributed by atoms with van der Waals surface area (Å²) in [5.74, 6) is 0.904. The van der Waals surface area contributed by atoms with Crippen molar-refractivity contribution in [3.05, 3.63) is 28.8 Å². The van der Waals surface area contributed by atoms with Crippen LogP contribution in [-0.2, 0) is 5.88 Å². The van der Waals surface area contributed by atoms with Crippen molar-refractivity contribution in [3.63, 3.8) is 0 Å². The van der Waals surface area contributed by atoms with E-state index in [2.05, 4.69) is 24.8 Å². The number of hydrogen-bond donors (Lipinski definition) is 0. The summed E-state index contributed by atoms with van der Waals surface area (Å²) in [5, 5.41) is 9.44. The van der Waals surface area contributed by atoms with E-state index in [0.717, 1.165) is 17.8 Å². The van der Waals surface area contributed by atoms with Crippen LogP contribution >= 0.6 is 23.2 Å². The minimum absolute atomic E-state index is 0.385. The molecule has 0 amide bonds. The van der Waals surface area contributed by atoms with Gasteiger partial charge in [0.1, 0.15) is 0 Å². The number of nitriles is 1. The molecular formula is C14H18Cl2N2. The lowest BCUT2D eigenvalue weighted by molar-refractivity contribution is 0.611. The predicted molar refractivity (Wildman–Crippen MR) is 78.3 cm³/mol. The van der Waals surface area contributed by atoms with E-state index in [9.17, 15) is 0 Å². The van der Waals surface area contributed by atoms with E-state index >= 15 is 0 Å². The van der Waals surface area contributed by atoms with Crippen molar-refractivity contribution < 1.29 is 0 Å². The van der Waals surface area contributed by atoms with Crippen LogP contribution in [0.25, 0.3) is 0 Å². The number of anilines is 1. The molecule has 2 nitrogen and oxygen atoms in total. The molecule has 0 aliphatic rings. The van der Waals surface area contributed by atoms with Crippen molar-refractivity contribution in [2.75, 3.05) is 18.0 Å². The Labute approximate surface area is 119 Å². The lowest BCUT2D eigenvalue weighted by atomic mass is 10.1. The molecule has 1 rings (SSSR count). The van der Waals surface area contributed by atoms with E-state index in [1.807, 2.05) is 18.2 Å². The Hall–Kier alpha value is -0.910. The van der Waals surface area contributed by atoms with Gasteiger partial charge < -0.3 is 4.90 Å². The summed E-state index contributed by atoms with van der Waals surface area (Å²) >= 11 is 12.1. The van der Waals surface area contributed by atoms with Gasteiger partial charge in [-0.2, -0.15) is 5.26 Å². The molecule has 1 aromatic rings. The van der Waals surface area contributed by atoms with Crippen molar-refractivity contribution in [2.24, 2.45) is 5.92 Å². The lowest BCUT2D eigenvalue weighted by Gasteiger charge is -2.28. The van der Waals surface area contributed by atoms with Crippen LogP contribution in [0.3, 0.4) is 0 Å². The van der Waals surface area contributed by atoms with Crippen LogP contribution in [0, 0.1) is 17.2 Å². The summed E-state index contributed by atoms with van der Waals surface area (Å²) in [6.45, 7) is 5.92. The van der Waals surface area contributed by atoms with Crippen molar-refractivity contribution in [1.82, 2.24) is 0 Å². The van der Waals surface area contributed by atoms with Gasteiger partial charge in [-0.15, -0.1) is 11.6 Å². The zero-order valence-corrected chi connectivity index (χ0v) is 12.3. The van der Waals surface area contributed by atoms with Gasteiger partial charge in [-0.3, -0.25) is 0 Å². The Bertz CT molecular complexity index is 424. The van der Waals surface area contributed by atoms with Gasteiger partial charge >= 0.3 is 0 Å². The second kappa shape index (κ2) is 7.51. The van der Waals surface area contributed by atoms with Gasteiger partial charge in [0.2, 0.25) is 0 Å². The highest BCUT2D eigenvalue weighted by atomic mass is 35.5. The van der Waals surface area contributed by atoms with Crippen LogP contribution in [-0.4, -0.2) is 13.1 Å². The molecule has 0 N–H and O–H groups in total. The first kappa shape index (κ1) is 15.1. The molecule has 0 saturated heterocycles. The molecule has 18 heavy (non-hydrogen) atoms. The highest BCUT2D eigenvalue weighted by Gasteiger charge is 2.14. The maximum atomic E-state index is 8.75. The molecule has 4 heteroatoms. The molecule has 98 valence electrons. The summed E-state index contributed by atoms with van der Waals surface area (Å²) in [4.78, 5) is 2.19. The maximum absolute atomic E-state index is 8.75. The number of nitrogens with zero attached hydrogens (tertiary/aromatic N) is 2. The van der Waals surface area contributed by atoms with Crippen LogP contribution in [0.15, 0.2) is 18.2 Å². The number of halogens is 2. The molecule has 1 aromatic carbocycles. The summed E-state index contributed by atoms with van der Waals surface area (Å²) in [5.41, 5.74) is 1.99. The predicted octanol–water partition coefficient (Wildman–Crippen LogP) is 4.45. The van der Waals surface area contributed by atoms with Gasteiger partial charge in [0.05, 0.1) is 18.4 Å². The Morgan fingerprint density at radius 1 is 1.39 bits per heavy atom. The Morgan fingerprint density at radius 3 is 2.67 bits per heavy atom. The summed E-state index contributed by atoms with van der Waals surface area (Å²) in [6.07, 6.45) is 0.501. The van der Waals surface area contributed by atoms with Crippen LogP contribution in [0.1, 0.15) is 25.8 Å². The van der Waals surface area contributed by atoms with E-state index in [1.165, 1.54) is 0 Å².